The maximum atomic E-state index is 5.44. The van der Waals surface area contributed by atoms with Gasteiger partial charge in [0.2, 0.25) is 12.7 Å². The number of thiophene rings is 1. The van der Waals surface area contributed by atoms with Crippen LogP contribution in [0.5, 0.6) is 11.5 Å². The van der Waals surface area contributed by atoms with Crippen LogP contribution in [0.25, 0.3) is 22.4 Å². The molecule has 1 aliphatic rings. The number of pyridine rings is 1. The lowest BCUT2D eigenvalue weighted by Gasteiger charge is -2.11. The molecule has 0 spiro atoms. The quantitative estimate of drug-likeness (QED) is 0.538. The smallest absolute Gasteiger partial charge is 0.231 e. The molecule has 4 heterocycles. The van der Waals surface area contributed by atoms with Gasteiger partial charge in [0.25, 0.3) is 0 Å². The molecule has 7 heteroatoms. The fourth-order valence-corrected chi connectivity index (χ4v) is 3.71. The molecule has 0 unspecified atom stereocenters. The minimum atomic E-state index is 0.272. The third-order valence-electron chi connectivity index (χ3n) is 4.44. The van der Waals surface area contributed by atoms with E-state index in [2.05, 4.69) is 26.7 Å². The van der Waals surface area contributed by atoms with E-state index in [0.29, 0.717) is 12.5 Å². The van der Waals surface area contributed by atoms with Gasteiger partial charge in [0.1, 0.15) is 0 Å². The third-order valence-corrected chi connectivity index (χ3v) is 5.13. The minimum absolute atomic E-state index is 0.272. The summed E-state index contributed by atoms with van der Waals surface area (Å²) in [6.45, 7) is 0.856. The number of ether oxygens (including phenoxy) is 2. The van der Waals surface area contributed by atoms with Crippen molar-refractivity contribution in [1.82, 2.24) is 15.0 Å². The number of rotatable bonds is 5. The Morgan fingerprint density at radius 1 is 1.04 bits per heavy atom. The highest BCUT2D eigenvalue weighted by Crippen LogP contribution is 2.33. The van der Waals surface area contributed by atoms with Crippen molar-refractivity contribution in [3.63, 3.8) is 0 Å². The van der Waals surface area contributed by atoms with E-state index in [4.69, 9.17) is 14.5 Å². The molecule has 5 rings (SSSR count). The van der Waals surface area contributed by atoms with Crippen LogP contribution in [0.2, 0.25) is 0 Å². The average Bonchev–Trinajstić information content (AvgIpc) is 3.44. The van der Waals surface area contributed by atoms with Crippen LogP contribution >= 0.6 is 11.3 Å². The predicted octanol–water partition coefficient (Wildman–Crippen LogP) is 4.61. The Balaban J connectivity index is 1.44. The molecule has 6 nitrogen and oxygen atoms in total. The number of aromatic nitrogens is 3. The summed E-state index contributed by atoms with van der Waals surface area (Å²) >= 11 is 1.65. The van der Waals surface area contributed by atoms with Crippen molar-refractivity contribution in [3.05, 3.63) is 71.3 Å². The van der Waals surface area contributed by atoms with Crippen LogP contribution in [-0.4, -0.2) is 21.7 Å². The van der Waals surface area contributed by atoms with Crippen molar-refractivity contribution in [1.29, 1.82) is 0 Å². The molecule has 0 fully saturated rings. The minimum Gasteiger partial charge on any atom is -0.454 e. The van der Waals surface area contributed by atoms with E-state index in [-0.39, 0.29) is 6.79 Å². The first kappa shape index (κ1) is 16.7. The predicted molar refractivity (Wildman–Crippen MR) is 108 cm³/mol. The lowest BCUT2D eigenvalue weighted by molar-refractivity contribution is 0.174. The van der Waals surface area contributed by atoms with Gasteiger partial charge in [-0.2, -0.15) is 11.3 Å². The van der Waals surface area contributed by atoms with E-state index >= 15 is 0 Å². The molecule has 0 saturated carbocycles. The van der Waals surface area contributed by atoms with Crippen molar-refractivity contribution >= 4 is 17.3 Å². The second-order valence-corrected chi connectivity index (χ2v) is 7.03. The third kappa shape index (κ3) is 3.27. The summed E-state index contributed by atoms with van der Waals surface area (Å²) < 4.78 is 10.8. The molecule has 138 valence electrons. The van der Waals surface area contributed by atoms with E-state index in [1.54, 1.807) is 17.5 Å². The van der Waals surface area contributed by atoms with Crippen molar-refractivity contribution in [3.8, 4) is 33.9 Å². The summed E-state index contributed by atoms with van der Waals surface area (Å²) in [5.74, 6) is 2.11. The second-order valence-electron chi connectivity index (χ2n) is 6.25. The van der Waals surface area contributed by atoms with Crippen molar-refractivity contribution in [2.45, 2.75) is 6.54 Å². The molecule has 3 aromatic heterocycles. The average molecular weight is 388 g/mol. The topological polar surface area (TPSA) is 69.2 Å². The zero-order valence-corrected chi connectivity index (χ0v) is 15.6. The van der Waals surface area contributed by atoms with E-state index in [0.717, 1.165) is 39.4 Å². The number of benzene rings is 1. The maximum absolute atomic E-state index is 5.44. The van der Waals surface area contributed by atoms with Gasteiger partial charge in [-0.25, -0.2) is 9.97 Å². The van der Waals surface area contributed by atoms with Gasteiger partial charge in [0, 0.05) is 36.3 Å². The van der Waals surface area contributed by atoms with Gasteiger partial charge in [0.15, 0.2) is 11.5 Å². The van der Waals surface area contributed by atoms with Crippen LogP contribution in [0.3, 0.4) is 0 Å². The van der Waals surface area contributed by atoms with E-state index < -0.39 is 0 Å². The second kappa shape index (κ2) is 7.28. The zero-order chi connectivity index (χ0) is 18.8. The van der Waals surface area contributed by atoms with E-state index in [1.807, 2.05) is 48.1 Å². The number of hydrogen-bond acceptors (Lipinski definition) is 7. The highest BCUT2D eigenvalue weighted by atomic mass is 32.1. The molecule has 0 bridgehead atoms. The molecule has 1 N–H and O–H groups in total. The first-order valence-electron chi connectivity index (χ1n) is 8.79. The molecule has 0 radical (unpaired) electrons. The molecular formula is C21H16N4O2S. The Morgan fingerprint density at radius 2 is 2.00 bits per heavy atom. The molecule has 0 aliphatic carbocycles. The number of nitrogens with one attached hydrogen (secondary N) is 1. The van der Waals surface area contributed by atoms with Gasteiger partial charge in [-0.1, -0.05) is 6.07 Å². The summed E-state index contributed by atoms with van der Waals surface area (Å²) in [7, 11) is 0. The van der Waals surface area contributed by atoms with E-state index in [9.17, 15) is 0 Å². The number of fused-ring (bicyclic) bond motifs is 1. The van der Waals surface area contributed by atoms with Crippen LogP contribution in [0.1, 0.15) is 5.56 Å². The molecule has 28 heavy (non-hydrogen) atoms. The number of anilines is 1. The summed E-state index contributed by atoms with van der Waals surface area (Å²) in [5.41, 5.74) is 4.97. The highest BCUT2D eigenvalue weighted by Gasteiger charge is 2.14. The van der Waals surface area contributed by atoms with Gasteiger partial charge in [-0.05, 0) is 52.2 Å². The summed E-state index contributed by atoms with van der Waals surface area (Å²) in [5, 5.41) is 7.44. The molecule has 0 atom stereocenters. The fraction of sp³-hybridized carbons (Fsp3) is 0.0952. The summed E-state index contributed by atoms with van der Waals surface area (Å²) in [6, 6.07) is 11.9. The van der Waals surface area contributed by atoms with Gasteiger partial charge < -0.3 is 14.8 Å². The molecular weight excluding hydrogens is 372 g/mol. The first-order valence-corrected chi connectivity index (χ1v) is 9.73. The zero-order valence-electron chi connectivity index (χ0n) is 14.8. The van der Waals surface area contributed by atoms with Crippen LogP contribution in [0.15, 0.2) is 65.7 Å². The molecule has 0 saturated heterocycles. The maximum Gasteiger partial charge on any atom is 0.231 e. The fourth-order valence-electron chi connectivity index (χ4n) is 3.05. The Hall–Kier alpha value is -3.45. The lowest BCUT2D eigenvalue weighted by atomic mass is 10.0. The number of hydrogen-bond donors (Lipinski definition) is 1. The van der Waals surface area contributed by atoms with Gasteiger partial charge >= 0.3 is 0 Å². The normalized spacial score (nSPS) is 12.1. The van der Waals surface area contributed by atoms with Gasteiger partial charge in [0.05, 0.1) is 5.69 Å². The monoisotopic (exact) mass is 388 g/mol. The van der Waals surface area contributed by atoms with Gasteiger partial charge in [-0.3, -0.25) is 4.98 Å². The van der Waals surface area contributed by atoms with Crippen LogP contribution in [0, 0.1) is 0 Å². The Bertz CT molecular complexity index is 1100. The van der Waals surface area contributed by atoms with Crippen LogP contribution in [-0.2, 0) is 6.54 Å². The van der Waals surface area contributed by atoms with Crippen LogP contribution in [0.4, 0.5) is 5.95 Å². The molecule has 1 aliphatic heterocycles. The summed E-state index contributed by atoms with van der Waals surface area (Å²) in [4.78, 5) is 13.5. The molecule has 0 amide bonds. The summed E-state index contributed by atoms with van der Waals surface area (Å²) in [6.07, 6.45) is 5.44. The van der Waals surface area contributed by atoms with Gasteiger partial charge in [-0.15, -0.1) is 0 Å². The Kier molecular flexibility index (Phi) is 4.34. The van der Waals surface area contributed by atoms with E-state index in [1.165, 1.54) is 0 Å². The Morgan fingerprint density at radius 3 is 2.86 bits per heavy atom. The van der Waals surface area contributed by atoms with Crippen molar-refractivity contribution < 1.29 is 9.47 Å². The van der Waals surface area contributed by atoms with Crippen molar-refractivity contribution in [2.24, 2.45) is 0 Å². The first-order chi connectivity index (χ1) is 13.9. The largest absolute Gasteiger partial charge is 0.454 e. The molecule has 4 aromatic rings. The SMILES string of the molecule is c1cncc(-c2nc(NCc3ccc4c(c3)OCO4)ncc2-c2ccsc2)c1. The Labute approximate surface area is 165 Å². The lowest BCUT2D eigenvalue weighted by Crippen LogP contribution is -2.05. The standard InChI is InChI=1S/C21H16N4O2S/c1-2-15(10-22-6-1)20-17(16-5-7-28-12-16)11-24-21(25-20)23-9-14-3-4-18-19(8-14)27-13-26-18/h1-8,10-12H,9,13H2,(H,23,24,25). The molecule has 1 aromatic carbocycles. The number of nitrogens with zero attached hydrogens (tertiary/aromatic N) is 3. The highest BCUT2D eigenvalue weighted by molar-refractivity contribution is 7.08. The van der Waals surface area contributed by atoms with Crippen LogP contribution < -0.4 is 14.8 Å². The van der Waals surface area contributed by atoms with Crippen molar-refractivity contribution in [2.75, 3.05) is 12.1 Å².